The van der Waals surface area contributed by atoms with Crippen LogP contribution in [-0.4, -0.2) is 25.8 Å². The van der Waals surface area contributed by atoms with Crippen LogP contribution in [0.3, 0.4) is 0 Å². The molecule has 0 saturated carbocycles. The molecule has 4 rings (SSSR count). The fourth-order valence-electron chi connectivity index (χ4n) is 3.28. The molecule has 1 aromatic heterocycles. The van der Waals surface area contributed by atoms with Gasteiger partial charge in [-0.15, -0.1) is 10.2 Å². The van der Waals surface area contributed by atoms with Gasteiger partial charge in [-0.3, -0.25) is 14.9 Å². The van der Waals surface area contributed by atoms with E-state index in [2.05, 4.69) is 34.6 Å². The Morgan fingerprint density at radius 2 is 1.81 bits per heavy atom. The van der Waals surface area contributed by atoms with Gasteiger partial charge < -0.3 is 5.32 Å². The number of amides is 1. The molecule has 162 valence electrons. The maximum Gasteiger partial charge on any atom is 0.270 e. The summed E-state index contributed by atoms with van der Waals surface area (Å²) in [4.78, 5) is 24.6. The molecule has 0 bridgehead atoms. The largest absolute Gasteiger partial charge is 0.322 e. The Morgan fingerprint density at radius 1 is 1.06 bits per heavy atom. The standard InChI is InChI=1S/C23H20ClN5O3/c1-2-3-4-15-5-8-17(9-6-15)28-26-21-12-7-16(13-22(21)27-28)25-23(30)19-14-18(29(31)32)10-11-20(19)24/h5-14H,2-4H2,1H3,(H,25,30). The van der Waals surface area contributed by atoms with Gasteiger partial charge >= 0.3 is 0 Å². The Balaban J connectivity index is 1.55. The first kappa shape index (κ1) is 21.5. The van der Waals surface area contributed by atoms with Gasteiger partial charge in [-0.1, -0.05) is 37.1 Å². The van der Waals surface area contributed by atoms with E-state index in [0.717, 1.165) is 31.0 Å². The number of nitrogens with zero attached hydrogens (tertiary/aromatic N) is 4. The molecule has 0 unspecified atom stereocenters. The molecule has 0 spiro atoms. The maximum atomic E-state index is 12.6. The highest BCUT2D eigenvalue weighted by Crippen LogP contribution is 2.24. The highest BCUT2D eigenvalue weighted by molar-refractivity contribution is 6.34. The second-order valence-electron chi connectivity index (χ2n) is 7.34. The summed E-state index contributed by atoms with van der Waals surface area (Å²) in [6, 6.07) is 17.0. The van der Waals surface area contributed by atoms with E-state index in [0.29, 0.717) is 16.7 Å². The van der Waals surface area contributed by atoms with E-state index in [1.807, 2.05) is 12.1 Å². The summed E-state index contributed by atoms with van der Waals surface area (Å²) < 4.78 is 0. The third-order valence-electron chi connectivity index (χ3n) is 5.03. The number of carbonyl (C=O) groups excluding carboxylic acids is 1. The number of unbranched alkanes of at least 4 members (excludes halogenated alkanes) is 1. The second kappa shape index (κ2) is 9.15. The molecule has 1 amide bonds. The molecule has 0 aliphatic rings. The van der Waals surface area contributed by atoms with Crippen LogP contribution >= 0.6 is 11.6 Å². The van der Waals surface area contributed by atoms with Crippen LogP contribution in [0.5, 0.6) is 0 Å². The molecule has 0 saturated heterocycles. The van der Waals surface area contributed by atoms with Gasteiger partial charge in [0.15, 0.2) is 0 Å². The Bertz CT molecular complexity index is 1300. The van der Waals surface area contributed by atoms with Crippen LogP contribution in [0.4, 0.5) is 11.4 Å². The molecule has 3 aromatic carbocycles. The molecule has 0 fully saturated rings. The van der Waals surface area contributed by atoms with E-state index in [4.69, 9.17) is 11.6 Å². The van der Waals surface area contributed by atoms with Crippen LogP contribution in [0.2, 0.25) is 5.02 Å². The lowest BCUT2D eigenvalue weighted by atomic mass is 10.1. The third kappa shape index (κ3) is 4.60. The number of hydrogen-bond acceptors (Lipinski definition) is 5. The zero-order chi connectivity index (χ0) is 22.7. The van der Waals surface area contributed by atoms with Gasteiger partial charge in [-0.05, 0) is 54.8 Å². The number of aryl methyl sites for hydroxylation is 1. The summed E-state index contributed by atoms with van der Waals surface area (Å²) in [5.74, 6) is -0.548. The molecule has 4 aromatic rings. The highest BCUT2D eigenvalue weighted by atomic mass is 35.5. The van der Waals surface area contributed by atoms with Crippen molar-refractivity contribution in [2.24, 2.45) is 0 Å². The van der Waals surface area contributed by atoms with E-state index in [-0.39, 0.29) is 16.3 Å². The quantitative estimate of drug-likeness (QED) is 0.293. The van der Waals surface area contributed by atoms with Gasteiger partial charge in [0.25, 0.3) is 11.6 Å². The highest BCUT2D eigenvalue weighted by Gasteiger charge is 2.16. The lowest BCUT2D eigenvalue weighted by Gasteiger charge is -2.06. The Morgan fingerprint density at radius 3 is 2.53 bits per heavy atom. The van der Waals surface area contributed by atoms with E-state index in [9.17, 15) is 14.9 Å². The Hall–Kier alpha value is -3.78. The van der Waals surface area contributed by atoms with Gasteiger partial charge in [-0.2, -0.15) is 4.80 Å². The van der Waals surface area contributed by atoms with E-state index >= 15 is 0 Å². The first-order valence-electron chi connectivity index (χ1n) is 10.2. The zero-order valence-corrected chi connectivity index (χ0v) is 18.0. The van der Waals surface area contributed by atoms with Crippen molar-refractivity contribution >= 4 is 39.9 Å². The van der Waals surface area contributed by atoms with Crippen LogP contribution in [-0.2, 0) is 6.42 Å². The predicted molar refractivity (Wildman–Crippen MR) is 124 cm³/mol. The van der Waals surface area contributed by atoms with Crippen LogP contribution in [0.25, 0.3) is 16.7 Å². The van der Waals surface area contributed by atoms with Crippen LogP contribution < -0.4 is 5.32 Å². The van der Waals surface area contributed by atoms with Crippen molar-refractivity contribution in [1.29, 1.82) is 0 Å². The molecular formula is C23H20ClN5O3. The smallest absolute Gasteiger partial charge is 0.270 e. The SMILES string of the molecule is CCCCc1ccc(-n2nc3ccc(NC(=O)c4cc([N+](=O)[O-])ccc4Cl)cc3n2)cc1. The van der Waals surface area contributed by atoms with Crippen molar-refractivity contribution in [1.82, 2.24) is 15.0 Å². The lowest BCUT2D eigenvalue weighted by molar-refractivity contribution is -0.384. The minimum absolute atomic E-state index is 0.0211. The van der Waals surface area contributed by atoms with Crippen molar-refractivity contribution in [2.45, 2.75) is 26.2 Å². The number of rotatable bonds is 7. The van der Waals surface area contributed by atoms with Crippen LogP contribution in [0, 0.1) is 10.1 Å². The van der Waals surface area contributed by atoms with Crippen LogP contribution in [0.15, 0.2) is 60.7 Å². The number of nitro groups is 1. The zero-order valence-electron chi connectivity index (χ0n) is 17.3. The molecule has 0 aliphatic carbocycles. The van der Waals surface area contributed by atoms with Crippen LogP contribution in [0.1, 0.15) is 35.7 Å². The van der Waals surface area contributed by atoms with E-state index in [1.165, 1.54) is 17.7 Å². The van der Waals surface area contributed by atoms with E-state index in [1.54, 1.807) is 23.0 Å². The molecule has 0 atom stereocenters. The normalized spacial score (nSPS) is 10.9. The number of anilines is 1. The van der Waals surface area contributed by atoms with Crippen molar-refractivity contribution in [3.63, 3.8) is 0 Å². The summed E-state index contributed by atoms with van der Waals surface area (Å²) in [6.45, 7) is 2.17. The second-order valence-corrected chi connectivity index (χ2v) is 7.75. The summed E-state index contributed by atoms with van der Waals surface area (Å²) >= 11 is 6.06. The molecule has 1 heterocycles. The van der Waals surface area contributed by atoms with E-state index < -0.39 is 10.8 Å². The maximum absolute atomic E-state index is 12.6. The number of fused-ring (bicyclic) bond motifs is 1. The summed E-state index contributed by atoms with van der Waals surface area (Å²) in [5.41, 5.74) is 3.68. The Kier molecular flexibility index (Phi) is 6.13. The van der Waals surface area contributed by atoms with Gasteiger partial charge in [0.1, 0.15) is 11.0 Å². The summed E-state index contributed by atoms with van der Waals surface area (Å²) in [6.07, 6.45) is 3.35. The molecular weight excluding hydrogens is 430 g/mol. The Labute approximate surface area is 189 Å². The van der Waals surface area contributed by atoms with Crippen molar-refractivity contribution in [3.8, 4) is 5.69 Å². The fourth-order valence-corrected chi connectivity index (χ4v) is 3.49. The number of aromatic nitrogens is 3. The third-order valence-corrected chi connectivity index (χ3v) is 5.36. The number of benzene rings is 3. The predicted octanol–water partition coefficient (Wildman–Crippen LogP) is 5.58. The van der Waals surface area contributed by atoms with Gasteiger partial charge in [0.2, 0.25) is 0 Å². The topological polar surface area (TPSA) is 103 Å². The van der Waals surface area contributed by atoms with Crippen molar-refractivity contribution in [2.75, 3.05) is 5.32 Å². The molecule has 0 radical (unpaired) electrons. The summed E-state index contributed by atoms with van der Waals surface area (Å²) in [5, 5.41) is 22.8. The average molecular weight is 450 g/mol. The van der Waals surface area contributed by atoms with Gasteiger partial charge in [0.05, 0.1) is 21.2 Å². The summed E-state index contributed by atoms with van der Waals surface area (Å²) in [7, 11) is 0. The number of non-ortho nitro benzene ring substituents is 1. The number of nitrogens with one attached hydrogen (secondary N) is 1. The fraction of sp³-hybridized carbons (Fsp3) is 0.174. The molecule has 32 heavy (non-hydrogen) atoms. The minimum Gasteiger partial charge on any atom is -0.322 e. The monoisotopic (exact) mass is 449 g/mol. The number of carbonyl (C=O) groups is 1. The van der Waals surface area contributed by atoms with Gasteiger partial charge in [0, 0.05) is 17.8 Å². The van der Waals surface area contributed by atoms with Crippen molar-refractivity contribution < 1.29 is 9.72 Å². The van der Waals surface area contributed by atoms with Gasteiger partial charge in [-0.25, -0.2) is 0 Å². The minimum atomic E-state index is -0.576. The molecule has 0 aliphatic heterocycles. The van der Waals surface area contributed by atoms with Crippen molar-refractivity contribution in [3.05, 3.63) is 86.9 Å². The number of hydrogen-bond donors (Lipinski definition) is 1. The molecule has 9 heteroatoms. The number of halogens is 1. The molecule has 1 N–H and O–H groups in total. The average Bonchev–Trinajstić information content (AvgIpc) is 3.21. The first-order valence-corrected chi connectivity index (χ1v) is 10.5. The number of nitro benzene ring substituents is 1. The molecule has 8 nitrogen and oxygen atoms in total. The first-order chi connectivity index (χ1) is 15.4. The lowest BCUT2D eigenvalue weighted by Crippen LogP contribution is -2.12.